The predicted molar refractivity (Wildman–Crippen MR) is 102 cm³/mol. The second kappa shape index (κ2) is 7.55. The van der Waals surface area contributed by atoms with Crippen molar-refractivity contribution >= 4 is 28.8 Å². The van der Waals surface area contributed by atoms with E-state index in [0.29, 0.717) is 29.9 Å². The Morgan fingerprint density at radius 2 is 2.12 bits per heavy atom. The number of carbonyl (C=O) groups excluding carboxylic acids is 1. The van der Waals surface area contributed by atoms with Gasteiger partial charge in [0.05, 0.1) is 12.1 Å². The van der Waals surface area contributed by atoms with Gasteiger partial charge in [-0.05, 0) is 48.9 Å². The molecule has 1 saturated carbocycles. The quantitative estimate of drug-likeness (QED) is 0.850. The Hall–Kier alpha value is -1.63. The molecule has 2 heterocycles. The number of fused-ring (bicyclic) bond motifs is 1. The van der Waals surface area contributed by atoms with Crippen molar-refractivity contribution in [1.29, 1.82) is 0 Å². The Bertz CT molecular complexity index is 779. The highest BCUT2D eigenvalue weighted by Gasteiger charge is 2.42. The molecule has 0 spiro atoms. The van der Waals surface area contributed by atoms with Crippen molar-refractivity contribution in [2.75, 3.05) is 13.1 Å². The highest BCUT2D eigenvalue weighted by molar-refractivity contribution is 7.09. The Balaban J connectivity index is 1.29. The van der Waals surface area contributed by atoms with Gasteiger partial charge in [0.15, 0.2) is 0 Å². The SMILES string of the molecule is NC1CCC2CN(C(=O)Cc3csc(COc4ccc(Cl)cc4)n3)CC12. The molecule has 5 nitrogen and oxygen atoms in total. The van der Waals surface area contributed by atoms with Gasteiger partial charge in [0.25, 0.3) is 0 Å². The first kappa shape index (κ1) is 17.8. The lowest BCUT2D eigenvalue weighted by Gasteiger charge is -2.18. The summed E-state index contributed by atoms with van der Waals surface area (Å²) in [4.78, 5) is 19.1. The molecule has 1 aliphatic carbocycles. The van der Waals surface area contributed by atoms with E-state index >= 15 is 0 Å². The van der Waals surface area contributed by atoms with Crippen LogP contribution in [0, 0.1) is 11.8 Å². The Labute approximate surface area is 162 Å². The largest absolute Gasteiger partial charge is 0.486 e. The number of ether oxygens (including phenoxy) is 1. The third kappa shape index (κ3) is 3.87. The maximum Gasteiger partial charge on any atom is 0.228 e. The number of hydrogen-bond donors (Lipinski definition) is 1. The molecular formula is C19H22ClN3O2S. The van der Waals surface area contributed by atoms with Crippen LogP contribution in [0.2, 0.25) is 5.02 Å². The minimum Gasteiger partial charge on any atom is -0.486 e. The first-order chi connectivity index (χ1) is 12.6. The van der Waals surface area contributed by atoms with Gasteiger partial charge < -0.3 is 15.4 Å². The fourth-order valence-electron chi connectivity index (χ4n) is 3.95. The zero-order chi connectivity index (χ0) is 18.1. The summed E-state index contributed by atoms with van der Waals surface area (Å²) in [6.45, 7) is 2.05. The van der Waals surface area contributed by atoms with E-state index in [1.54, 1.807) is 12.1 Å². The third-order valence-electron chi connectivity index (χ3n) is 5.37. The first-order valence-corrected chi connectivity index (χ1v) is 10.2. The second-order valence-corrected chi connectivity index (χ2v) is 8.49. The molecule has 3 atom stereocenters. The Morgan fingerprint density at radius 3 is 2.88 bits per heavy atom. The highest BCUT2D eigenvalue weighted by Crippen LogP contribution is 2.37. The number of aromatic nitrogens is 1. The molecule has 7 heteroatoms. The number of hydrogen-bond acceptors (Lipinski definition) is 5. The second-order valence-electron chi connectivity index (χ2n) is 7.12. The van der Waals surface area contributed by atoms with Crippen LogP contribution in [0.4, 0.5) is 0 Å². The first-order valence-electron chi connectivity index (χ1n) is 8.93. The third-order valence-corrected chi connectivity index (χ3v) is 6.50. The van der Waals surface area contributed by atoms with Gasteiger partial charge in [-0.15, -0.1) is 11.3 Å². The molecular weight excluding hydrogens is 370 g/mol. The summed E-state index contributed by atoms with van der Waals surface area (Å²) >= 11 is 7.39. The van der Waals surface area contributed by atoms with Crippen molar-refractivity contribution in [2.45, 2.75) is 31.9 Å². The molecule has 1 aromatic heterocycles. The maximum atomic E-state index is 12.6. The number of thiazole rings is 1. The van der Waals surface area contributed by atoms with E-state index in [0.717, 1.165) is 42.4 Å². The van der Waals surface area contributed by atoms with Gasteiger partial charge in [0.1, 0.15) is 17.4 Å². The Kier molecular flexibility index (Phi) is 5.16. The van der Waals surface area contributed by atoms with Gasteiger partial charge in [-0.25, -0.2) is 4.98 Å². The number of benzene rings is 1. The number of halogens is 1. The molecule has 26 heavy (non-hydrogen) atoms. The number of likely N-dealkylation sites (tertiary alicyclic amines) is 1. The fraction of sp³-hybridized carbons (Fsp3) is 0.474. The van der Waals surface area contributed by atoms with Crippen molar-refractivity contribution in [3.63, 3.8) is 0 Å². The van der Waals surface area contributed by atoms with Crippen LogP contribution in [0.3, 0.4) is 0 Å². The molecule has 2 fully saturated rings. The number of amides is 1. The van der Waals surface area contributed by atoms with E-state index in [1.165, 1.54) is 11.3 Å². The van der Waals surface area contributed by atoms with Crippen LogP contribution in [0.5, 0.6) is 5.75 Å². The van der Waals surface area contributed by atoms with Gasteiger partial charge in [-0.2, -0.15) is 0 Å². The number of nitrogens with zero attached hydrogens (tertiary/aromatic N) is 2. The zero-order valence-electron chi connectivity index (χ0n) is 14.4. The summed E-state index contributed by atoms with van der Waals surface area (Å²) in [6, 6.07) is 7.50. The lowest BCUT2D eigenvalue weighted by Crippen LogP contribution is -2.34. The topological polar surface area (TPSA) is 68.5 Å². The van der Waals surface area contributed by atoms with Gasteiger partial charge >= 0.3 is 0 Å². The highest BCUT2D eigenvalue weighted by atomic mass is 35.5. The molecule has 2 N–H and O–H groups in total. The molecule has 1 amide bonds. The standard InChI is InChI=1S/C19H22ClN3O2S/c20-13-2-4-15(5-3-13)25-10-18-22-14(11-26-18)7-19(24)23-8-12-1-6-17(21)16(12)9-23/h2-5,11-12,16-17H,1,6-10,21H2. The number of nitrogens with two attached hydrogens (primary N) is 1. The van der Waals surface area contributed by atoms with Gasteiger partial charge in [0, 0.05) is 29.5 Å². The average Bonchev–Trinajstić information content (AvgIpc) is 3.32. The van der Waals surface area contributed by atoms with Crippen LogP contribution in [0.25, 0.3) is 0 Å². The van der Waals surface area contributed by atoms with E-state index in [1.807, 2.05) is 22.4 Å². The molecule has 3 unspecified atom stereocenters. The lowest BCUT2D eigenvalue weighted by molar-refractivity contribution is -0.129. The molecule has 0 radical (unpaired) electrons. The molecule has 1 saturated heterocycles. The van der Waals surface area contributed by atoms with Crippen LogP contribution in [-0.2, 0) is 17.8 Å². The molecule has 2 aromatic rings. The molecule has 2 aliphatic rings. The molecule has 0 bridgehead atoms. The van der Waals surface area contributed by atoms with Crippen molar-refractivity contribution < 1.29 is 9.53 Å². The molecule has 1 aliphatic heterocycles. The van der Waals surface area contributed by atoms with Gasteiger partial charge in [-0.1, -0.05) is 11.6 Å². The Morgan fingerprint density at radius 1 is 1.31 bits per heavy atom. The van der Waals surface area contributed by atoms with Crippen molar-refractivity contribution in [3.8, 4) is 5.75 Å². The van der Waals surface area contributed by atoms with Crippen LogP contribution in [0.15, 0.2) is 29.6 Å². The van der Waals surface area contributed by atoms with Crippen molar-refractivity contribution in [3.05, 3.63) is 45.4 Å². The van der Waals surface area contributed by atoms with Crippen molar-refractivity contribution in [1.82, 2.24) is 9.88 Å². The van der Waals surface area contributed by atoms with Crippen LogP contribution >= 0.6 is 22.9 Å². The van der Waals surface area contributed by atoms with E-state index in [4.69, 9.17) is 22.1 Å². The summed E-state index contributed by atoms with van der Waals surface area (Å²) in [5.74, 6) is 1.98. The summed E-state index contributed by atoms with van der Waals surface area (Å²) in [6.07, 6.45) is 2.60. The molecule has 1 aromatic carbocycles. The summed E-state index contributed by atoms with van der Waals surface area (Å²) < 4.78 is 5.71. The van der Waals surface area contributed by atoms with Crippen LogP contribution in [-0.4, -0.2) is 34.9 Å². The number of carbonyl (C=O) groups is 1. The lowest BCUT2D eigenvalue weighted by atomic mass is 9.98. The minimum absolute atomic E-state index is 0.155. The summed E-state index contributed by atoms with van der Waals surface area (Å²) in [7, 11) is 0. The minimum atomic E-state index is 0.155. The molecule has 4 rings (SSSR count). The van der Waals surface area contributed by atoms with Crippen LogP contribution < -0.4 is 10.5 Å². The van der Waals surface area contributed by atoms with Gasteiger partial charge in [-0.3, -0.25) is 4.79 Å². The summed E-state index contributed by atoms with van der Waals surface area (Å²) in [5.41, 5.74) is 6.97. The van der Waals surface area contributed by atoms with E-state index < -0.39 is 0 Å². The molecule has 138 valence electrons. The van der Waals surface area contributed by atoms with E-state index in [-0.39, 0.29) is 11.9 Å². The summed E-state index contributed by atoms with van der Waals surface area (Å²) in [5, 5.41) is 3.49. The predicted octanol–water partition coefficient (Wildman–Crippen LogP) is 3.11. The van der Waals surface area contributed by atoms with E-state index in [2.05, 4.69) is 4.98 Å². The fourth-order valence-corrected chi connectivity index (χ4v) is 4.78. The van der Waals surface area contributed by atoms with Gasteiger partial charge in [0.2, 0.25) is 5.91 Å². The smallest absolute Gasteiger partial charge is 0.228 e. The van der Waals surface area contributed by atoms with Crippen LogP contribution in [0.1, 0.15) is 23.5 Å². The van der Waals surface area contributed by atoms with E-state index in [9.17, 15) is 4.79 Å². The number of rotatable bonds is 5. The monoisotopic (exact) mass is 391 g/mol. The normalized spacial score (nSPS) is 24.7. The maximum absolute atomic E-state index is 12.6. The average molecular weight is 392 g/mol. The van der Waals surface area contributed by atoms with Crippen molar-refractivity contribution in [2.24, 2.45) is 17.6 Å². The zero-order valence-corrected chi connectivity index (χ0v) is 16.0.